The maximum atomic E-state index is 12.4. The Kier molecular flexibility index (Phi) is 3.61. The van der Waals surface area contributed by atoms with E-state index in [0.29, 0.717) is 5.69 Å². The predicted octanol–water partition coefficient (Wildman–Crippen LogP) is 2.68. The van der Waals surface area contributed by atoms with E-state index >= 15 is 0 Å². The van der Waals surface area contributed by atoms with E-state index in [0.717, 1.165) is 49.2 Å². The number of aryl methyl sites for hydroxylation is 2. The van der Waals surface area contributed by atoms with E-state index in [1.165, 1.54) is 6.20 Å². The van der Waals surface area contributed by atoms with Crippen LogP contribution in [0.3, 0.4) is 0 Å². The molecule has 1 aromatic carbocycles. The average Bonchev–Trinajstić information content (AvgIpc) is 3.25. The lowest BCUT2D eigenvalue weighted by Crippen LogP contribution is -2.12. The summed E-state index contributed by atoms with van der Waals surface area (Å²) in [4.78, 5) is 4.66. The summed E-state index contributed by atoms with van der Waals surface area (Å²) in [6.07, 6.45) is 7.49. The highest BCUT2D eigenvalue weighted by Crippen LogP contribution is 2.30. The molecule has 0 unspecified atom stereocenters. The van der Waals surface area contributed by atoms with Crippen LogP contribution in [0.5, 0.6) is 0 Å². The third kappa shape index (κ3) is 2.69. The van der Waals surface area contributed by atoms with Gasteiger partial charge in [-0.25, -0.2) is 13.4 Å². The van der Waals surface area contributed by atoms with Crippen molar-refractivity contribution in [1.82, 2.24) is 14.7 Å². The van der Waals surface area contributed by atoms with E-state index in [4.69, 9.17) is 0 Å². The second kappa shape index (κ2) is 5.79. The van der Waals surface area contributed by atoms with Gasteiger partial charge in [-0.1, -0.05) is 23.4 Å². The third-order valence-corrected chi connectivity index (χ3v) is 5.39. The van der Waals surface area contributed by atoms with Crippen LogP contribution in [0.25, 0.3) is 11.3 Å². The molecule has 1 aliphatic heterocycles. The molecule has 4 rings (SSSR count). The van der Waals surface area contributed by atoms with Gasteiger partial charge in [0.15, 0.2) is 0 Å². The van der Waals surface area contributed by atoms with Crippen molar-refractivity contribution in [3.05, 3.63) is 48.7 Å². The quantitative estimate of drug-likeness (QED) is 0.786. The Hall–Kier alpha value is -2.61. The van der Waals surface area contributed by atoms with Crippen molar-refractivity contribution in [2.75, 3.05) is 4.72 Å². The minimum Gasteiger partial charge on any atom is -0.363 e. The monoisotopic (exact) mass is 344 g/mol. The van der Waals surface area contributed by atoms with Crippen molar-refractivity contribution in [1.29, 1.82) is 0 Å². The number of imidazole rings is 1. The lowest BCUT2D eigenvalue weighted by Gasteiger charge is -2.11. The summed E-state index contributed by atoms with van der Waals surface area (Å²) in [5, 5.41) is 3.44. The average molecular weight is 344 g/mol. The molecule has 0 spiro atoms. The number of sulfonamides is 1. The van der Waals surface area contributed by atoms with Crippen LogP contribution in [-0.2, 0) is 23.0 Å². The second-order valence-electron chi connectivity index (χ2n) is 5.70. The van der Waals surface area contributed by atoms with Gasteiger partial charge in [-0.05, 0) is 18.9 Å². The zero-order chi connectivity index (χ0) is 16.6. The molecule has 3 heterocycles. The second-order valence-corrected chi connectivity index (χ2v) is 7.39. The summed E-state index contributed by atoms with van der Waals surface area (Å²) in [5.74, 6) is 1.05. The summed E-state index contributed by atoms with van der Waals surface area (Å²) in [6, 6.07) is 7.23. The van der Waals surface area contributed by atoms with E-state index in [1.807, 2.05) is 18.3 Å². The molecule has 0 radical (unpaired) electrons. The fraction of sp³-hybridized carbons (Fsp3) is 0.250. The number of hydrogen-bond donors (Lipinski definition) is 1. The summed E-state index contributed by atoms with van der Waals surface area (Å²) >= 11 is 0. The Labute approximate surface area is 139 Å². The SMILES string of the molecule is O=S(=O)(Nc1ccccc1-c1cn2c(n1)CCCC2)c1cnoc1. The van der Waals surface area contributed by atoms with Gasteiger partial charge in [0.1, 0.15) is 17.0 Å². The van der Waals surface area contributed by atoms with Crippen molar-refractivity contribution in [2.45, 2.75) is 30.7 Å². The standard InChI is InChI=1S/C16H16N4O3S/c21-24(22,12-9-17-23-11-12)19-14-6-2-1-5-13(14)15-10-20-8-4-3-7-16(20)18-15/h1-2,5-6,9-11,19H,3-4,7-8H2. The molecule has 0 amide bonds. The normalized spacial score (nSPS) is 14.3. The lowest BCUT2D eigenvalue weighted by atomic mass is 10.1. The maximum absolute atomic E-state index is 12.4. The van der Waals surface area contributed by atoms with Crippen molar-refractivity contribution >= 4 is 15.7 Å². The van der Waals surface area contributed by atoms with E-state index in [2.05, 4.69) is 24.0 Å². The molecular weight excluding hydrogens is 328 g/mol. The highest BCUT2D eigenvalue weighted by Gasteiger charge is 2.20. The van der Waals surface area contributed by atoms with Gasteiger partial charge in [0.2, 0.25) is 0 Å². The van der Waals surface area contributed by atoms with Crippen molar-refractivity contribution < 1.29 is 12.9 Å². The van der Waals surface area contributed by atoms with Gasteiger partial charge in [-0.15, -0.1) is 0 Å². The van der Waals surface area contributed by atoms with Crippen molar-refractivity contribution in [2.24, 2.45) is 0 Å². The van der Waals surface area contributed by atoms with Crippen LogP contribution in [0.2, 0.25) is 0 Å². The molecule has 0 atom stereocenters. The number of anilines is 1. The number of nitrogens with zero attached hydrogens (tertiary/aromatic N) is 3. The first kappa shape index (κ1) is 14.9. The summed E-state index contributed by atoms with van der Waals surface area (Å²) < 4.78 is 34.2. The molecule has 0 saturated heterocycles. The van der Waals surface area contributed by atoms with Crippen LogP contribution < -0.4 is 4.72 Å². The number of rotatable bonds is 4. The smallest absolute Gasteiger partial charge is 0.266 e. The number of hydrogen-bond acceptors (Lipinski definition) is 5. The van der Waals surface area contributed by atoms with Crippen molar-refractivity contribution in [3.8, 4) is 11.3 Å². The molecule has 24 heavy (non-hydrogen) atoms. The fourth-order valence-electron chi connectivity index (χ4n) is 2.87. The van der Waals surface area contributed by atoms with E-state index in [1.54, 1.807) is 12.1 Å². The highest BCUT2D eigenvalue weighted by atomic mass is 32.2. The molecule has 7 nitrogen and oxygen atoms in total. The molecule has 0 saturated carbocycles. The summed E-state index contributed by atoms with van der Waals surface area (Å²) in [7, 11) is -3.74. The van der Waals surface area contributed by atoms with Crippen LogP contribution in [0, 0.1) is 0 Å². The van der Waals surface area contributed by atoms with Crippen LogP contribution in [0.1, 0.15) is 18.7 Å². The van der Waals surface area contributed by atoms with E-state index in [-0.39, 0.29) is 4.90 Å². The zero-order valence-electron chi connectivity index (χ0n) is 12.8. The van der Waals surface area contributed by atoms with Gasteiger partial charge < -0.3 is 9.09 Å². The van der Waals surface area contributed by atoms with Crippen LogP contribution in [0.4, 0.5) is 5.69 Å². The van der Waals surface area contributed by atoms with Crippen LogP contribution in [-0.4, -0.2) is 23.1 Å². The van der Waals surface area contributed by atoms with Crippen molar-refractivity contribution in [3.63, 3.8) is 0 Å². The number of aromatic nitrogens is 3. The fourth-order valence-corrected chi connectivity index (χ4v) is 3.81. The number of nitrogens with one attached hydrogen (secondary N) is 1. The van der Waals surface area contributed by atoms with Gasteiger partial charge in [0.05, 0.1) is 17.6 Å². The first-order chi connectivity index (χ1) is 11.6. The summed E-state index contributed by atoms with van der Waals surface area (Å²) in [5.41, 5.74) is 2.00. The summed E-state index contributed by atoms with van der Waals surface area (Å²) in [6.45, 7) is 0.955. The van der Waals surface area contributed by atoms with Gasteiger partial charge >= 0.3 is 0 Å². The minimum absolute atomic E-state index is 0.0126. The first-order valence-corrected chi connectivity index (χ1v) is 9.19. The van der Waals surface area contributed by atoms with Crippen LogP contribution >= 0.6 is 0 Å². The van der Waals surface area contributed by atoms with Gasteiger partial charge in [0.25, 0.3) is 10.0 Å². The molecule has 8 heteroatoms. The Morgan fingerprint density at radius 3 is 2.88 bits per heavy atom. The molecule has 0 bridgehead atoms. The molecule has 1 aliphatic rings. The Balaban J connectivity index is 1.72. The van der Waals surface area contributed by atoms with Crippen LogP contribution in [0.15, 0.2) is 52.3 Å². The van der Waals surface area contributed by atoms with E-state index in [9.17, 15) is 8.42 Å². The predicted molar refractivity (Wildman–Crippen MR) is 87.9 cm³/mol. The lowest BCUT2D eigenvalue weighted by molar-refractivity contribution is 0.417. The molecule has 0 aliphatic carbocycles. The maximum Gasteiger partial charge on any atom is 0.266 e. The van der Waals surface area contributed by atoms with Gasteiger partial charge in [-0.2, -0.15) is 0 Å². The first-order valence-electron chi connectivity index (χ1n) is 7.71. The molecule has 3 aromatic rings. The largest absolute Gasteiger partial charge is 0.363 e. The molecule has 124 valence electrons. The topological polar surface area (TPSA) is 90.0 Å². The number of fused-ring (bicyclic) bond motifs is 1. The third-order valence-electron chi connectivity index (χ3n) is 4.08. The van der Waals surface area contributed by atoms with Gasteiger partial charge in [-0.3, -0.25) is 4.72 Å². The number of para-hydroxylation sites is 1. The highest BCUT2D eigenvalue weighted by molar-refractivity contribution is 7.92. The molecule has 1 N–H and O–H groups in total. The number of benzene rings is 1. The minimum atomic E-state index is -3.74. The Morgan fingerprint density at radius 2 is 2.08 bits per heavy atom. The molecule has 0 fully saturated rings. The Morgan fingerprint density at radius 1 is 1.21 bits per heavy atom. The molecule has 2 aromatic heterocycles. The molecular formula is C16H16N4O3S. The Bertz CT molecular complexity index is 938. The zero-order valence-corrected chi connectivity index (χ0v) is 13.7. The van der Waals surface area contributed by atoms with E-state index < -0.39 is 10.0 Å². The van der Waals surface area contributed by atoms with Gasteiger partial charge in [0, 0.05) is 24.7 Å².